The van der Waals surface area contributed by atoms with E-state index >= 15 is 0 Å². The smallest absolute Gasteiger partial charge is 0.227 e. The molecule has 0 atom stereocenters. The highest BCUT2D eigenvalue weighted by molar-refractivity contribution is 6.06. The molecule has 9 aromatic carbocycles. The van der Waals surface area contributed by atoms with Crippen molar-refractivity contribution in [3.63, 3.8) is 0 Å². The van der Waals surface area contributed by atoms with Crippen molar-refractivity contribution in [1.29, 1.82) is 0 Å². The number of hydrogen-bond donors (Lipinski definition) is 0. The van der Waals surface area contributed by atoms with E-state index in [0.29, 0.717) is 5.89 Å². The molecule has 4 nitrogen and oxygen atoms in total. The molecule has 55 heavy (non-hydrogen) atoms. The first kappa shape index (κ1) is 31.1. The Morgan fingerprint density at radius 1 is 0.345 bits per heavy atom. The number of aromatic nitrogens is 1. The third kappa shape index (κ3) is 5.34. The fraction of sp³-hybridized carbons (Fsp3) is 0. The van der Waals surface area contributed by atoms with Crippen molar-refractivity contribution in [2.45, 2.75) is 0 Å². The first-order valence-electron chi connectivity index (χ1n) is 18.5. The van der Waals surface area contributed by atoms with Crippen LogP contribution in [0.1, 0.15) is 0 Å². The monoisotopic (exact) mass is 704 g/mol. The predicted molar refractivity (Wildman–Crippen MR) is 227 cm³/mol. The van der Waals surface area contributed by atoms with Crippen molar-refractivity contribution < 1.29 is 8.83 Å². The minimum Gasteiger partial charge on any atom is -0.456 e. The van der Waals surface area contributed by atoms with E-state index in [1.54, 1.807) is 0 Å². The Morgan fingerprint density at radius 3 is 1.75 bits per heavy atom. The molecule has 11 rings (SSSR count). The molecule has 4 heteroatoms. The van der Waals surface area contributed by atoms with E-state index in [9.17, 15) is 0 Å². The molecule has 258 valence electrons. The molecule has 0 aliphatic rings. The van der Waals surface area contributed by atoms with Crippen LogP contribution in [0.3, 0.4) is 0 Å². The molecule has 0 saturated carbocycles. The average Bonchev–Trinajstić information content (AvgIpc) is 3.86. The molecule has 0 aliphatic carbocycles. The minimum absolute atomic E-state index is 0.566. The Morgan fingerprint density at radius 2 is 0.927 bits per heavy atom. The normalized spacial score (nSPS) is 11.6. The molecule has 0 radical (unpaired) electrons. The highest BCUT2D eigenvalue weighted by Gasteiger charge is 2.18. The van der Waals surface area contributed by atoms with Crippen LogP contribution in [0.15, 0.2) is 203 Å². The fourth-order valence-electron chi connectivity index (χ4n) is 7.98. The van der Waals surface area contributed by atoms with Gasteiger partial charge >= 0.3 is 0 Å². The number of oxazole rings is 1. The summed E-state index contributed by atoms with van der Waals surface area (Å²) in [5.74, 6) is 0.566. The van der Waals surface area contributed by atoms with Crippen LogP contribution in [0, 0.1) is 0 Å². The second-order valence-electron chi connectivity index (χ2n) is 14.0. The second-order valence-corrected chi connectivity index (χ2v) is 14.0. The second kappa shape index (κ2) is 12.6. The number of nitrogens with zero attached hydrogens (tertiary/aromatic N) is 2. The van der Waals surface area contributed by atoms with E-state index in [0.717, 1.165) is 66.8 Å². The molecule has 0 amide bonds. The van der Waals surface area contributed by atoms with Gasteiger partial charge in [-0.1, -0.05) is 127 Å². The van der Waals surface area contributed by atoms with E-state index < -0.39 is 0 Å². The number of para-hydroxylation sites is 2. The number of anilines is 3. The summed E-state index contributed by atoms with van der Waals surface area (Å²) in [6, 6.07) is 68.3. The number of hydrogen-bond acceptors (Lipinski definition) is 4. The van der Waals surface area contributed by atoms with E-state index in [-0.39, 0.29) is 0 Å². The van der Waals surface area contributed by atoms with Gasteiger partial charge in [-0.05, 0) is 105 Å². The van der Waals surface area contributed by atoms with Crippen LogP contribution < -0.4 is 4.90 Å². The van der Waals surface area contributed by atoms with Crippen molar-refractivity contribution in [2.75, 3.05) is 4.90 Å². The van der Waals surface area contributed by atoms with Crippen LogP contribution in [0.25, 0.3) is 88.3 Å². The van der Waals surface area contributed by atoms with E-state index in [1.165, 1.54) is 32.7 Å². The van der Waals surface area contributed by atoms with E-state index in [2.05, 4.69) is 163 Å². The van der Waals surface area contributed by atoms with Crippen molar-refractivity contribution in [3.05, 3.63) is 194 Å². The van der Waals surface area contributed by atoms with Gasteiger partial charge in [-0.3, -0.25) is 0 Å². The lowest BCUT2D eigenvalue weighted by Crippen LogP contribution is -2.09. The molecule has 0 spiro atoms. The summed E-state index contributed by atoms with van der Waals surface area (Å²) >= 11 is 0. The number of fused-ring (bicyclic) bond motifs is 6. The topological polar surface area (TPSA) is 42.4 Å². The Hall–Kier alpha value is -7.43. The van der Waals surface area contributed by atoms with Crippen molar-refractivity contribution in [3.8, 4) is 33.7 Å². The summed E-state index contributed by atoms with van der Waals surface area (Å²) in [5, 5.41) is 7.08. The molecule has 0 N–H and O–H groups in total. The Labute approximate surface area is 317 Å². The van der Waals surface area contributed by atoms with Crippen LogP contribution in [0.4, 0.5) is 17.1 Å². The lowest BCUT2D eigenvalue weighted by molar-refractivity contribution is 0.619. The van der Waals surface area contributed by atoms with Gasteiger partial charge in [0.25, 0.3) is 0 Å². The standard InChI is InChI=1S/C51H32N2O2/c1-2-11-37-31-41(29-19-33(37)9-1)53(39-25-20-35(21-26-39)43-15-7-12-34-10-3-4-13-42(34)43)40-27-22-36(23-28-40)44-16-8-18-48-50(44)52-51(55-48)38-24-30-46-45-14-5-6-17-47(45)54-49(46)32-38/h1-32H. The zero-order valence-electron chi connectivity index (χ0n) is 29.7. The first-order valence-corrected chi connectivity index (χ1v) is 18.5. The lowest BCUT2D eigenvalue weighted by Gasteiger charge is -2.26. The molecular weight excluding hydrogens is 673 g/mol. The van der Waals surface area contributed by atoms with Crippen molar-refractivity contribution in [2.24, 2.45) is 0 Å². The quantitative estimate of drug-likeness (QED) is 0.173. The van der Waals surface area contributed by atoms with Gasteiger partial charge in [0.15, 0.2) is 5.58 Å². The Kier molecular flexibility index (Phi) is 7.14. The van der Waals surface area contributed by atoms with Gasteiger partial charge in [0.05, 0.1) is 0 Å². The van der Waals surface area contributed by atoms with Crippen LogP contribution in [0.5, 0.6) is 0 Å². The molecule has 11 aromatic rings. The maximum Gasteiger partial charge on any atom is 0.227 e. The van der Waals surface area contributed by atoms with E-state index in [1.807, 2.05) is 36.4 Å². The van der Waals surface area contributed by atoms with Crippen LogP contribution in [0.2, 0.25) is 0 Å². The predicted octanol–water partition coefficient (Wildman–Crippen LogP) is 14.5. The summed E-state index contributed by atoms with van der Waals surface area (Å²) in [5.41, 5.74) is 11.9. The molecular formula is C51H32N2O2. The first-order chi connectivity index (χ1) is 27.2. The minimum atomic E-state index is 0.566. The van der Waals surface area contributed by atoms with Crippen molar-refractivity contribution in [1.82, 2.24) is 4.98 Å². The largest absolute Gasteiger partial charge is 0.456 e. The van der Waals surface area contributed by atoms with Gasteiger partial charge in [-0.2, -0.15) is 0 Å². The fourth-order valence-corrected chi connectivity index (χ4v) is 7.98. The maximum atomic E-state index is 6.36. The summed E-state index contributed by atoms with van der Waals surface area (Å²) in [4.78, 5) is 7.36. The summed E-state index contributed by atoms with van der Waals surface area (Å²) < 4.78 is 12.5. The highest BCUT2D eigenvalue weighted by atomic mass is 16.3. The molecule has 0 bridgehead atoms. The number of rotatable bonds is 6. The average molecular weight is 705 g/mol. The molecule has 2 heterocycles. The summed E-state index contributed by atoms with van der Waals surface area (Å²) in [6.45, 7) is 0. The summed E-state index contributed by atoms with van der Waals surface area (Å²) in [7, 11) is 0. The third-order valence-electron chi connectivity index (χ3n) is 10.7. The summed E-state index contributed by atoms with van der Waals surface area (Å²) in [6.07, 6.45) is 0. The van der Waals surface area contributed by atoms with Gasteiger partial charge in [-0.15, -0.1) is 0 Å². The van der Waals surface area contributed by atoms with Crippen LogP contribution in [-0.2, 0) is 0 Å². The molecule has 0 fully saturated rings. The van der Waals surface area contributed by atoms with Crippen LogP contribution >= 0.6 is 0 Å². The zero-order valence-corrected chi connectivity index (χ0v) is 29.7. The Bertz CT molecular complexity index is 3200. The molecule has 2 aromatic heterocycles. The van der Waals surface area contributed by atoms with E-state index in [4.69, 9.17) is 13.8 Å². The van der Waals surface area contributed by atoms with Gasteiger partial charge < -0.3 is 13.7 Å². The molecule has 0 aliphatic heterocycles. The van der Waals surface area contributed by atoms with Crippen molar-refractivity contribution >= 4 is 71.6 Å². The van der Waals surface area contributed by atoms with Gasteiger partial charge in [-0.25, -0.2) is 4.98 Å². The number of furan rings is 1. The Balaban J connectivity index is 0.971. The van der Waals surface area contributed by atoms with Gasteiger partial charge in [0, 0.05) is 39.0 Å². The zero-order chi connectivity index (χ0) is 36.3. The highest BCUT2D eigenvalue weighted by Crippen LogP contribution is 2.40. The van der Waals surface area contributed by atoms with Gasteiger partial charge in [0.2, 0.25) is 5.89 Å². The SMILES string of the molecule is c1ccc2cc(N(c3ccc(-c4cccc5ccccc45)cc3)c3ccc(-c4cccc5oc(-c6ccc7c(c6)oc6ccccc67)nc45)cc3)ccc2c1. The third-order valence-corrected chi connectivity index (χ3v) is 10.7. The molecule has 0 unspecified atom stereocenters. The van der Waals surface area contributed by atoms with Gasteiger partial charge in [0.1, 0.15) is 16.7 Å². The molecule has 0 saturated heterocycles. The maximum absolute atomic E-state index is 6.36. The number of benzene rings is 9. The lowest BCUT2D eigenvalue weighted by atomic mass is 9.98. The van der Waals surface area contributed by atoms with Crippen LogP contribution in [-0.4, -0.2) is 4.98 Å².